The van der Waals surface area contributed by atoms with Crippen LogP contribution in [0, 0.1) is 13.8 Å². The fraction of sp³-hybridized carbons (Fsp3) is 0.318. The number of aryl methyl sites for hydroxylation is 2. The second kappa shape index (κ2) is 8.10. The van der Waals surface area contributed by atoms with E-state index in [4.69, 9.17) is 4.98 Å². The van der Waals surface area contributed by atoms with Gasteiger partial charge in [0.15, 0.2) is 0 Å². The Morgan fingerprint density at radius 1 is 1.07 bits per heavy atom. The maximum Gasteiger partial charge on any atom is 0.228 e. The number of thiazole rings is 1. The van der Waals surface area contributed by atoms with E-state index in [1.807, 2.05) is 42.3 Å². The summed E-state index contributed by atoms with van der Waals surface area (Å²) in [4.78, 5) is 27.2. The number of piperazine rings is 1. The topological polar surface area (TPSA) is 49.3 Å². The first-order valence-electron chi connectivity index (χ1n) is 9.57. The summed E-state index contributed by atoms with van der Waals surface area (Å²) in [7, 11) is 0. The molecule has 0 radical (unpaired) electrons. The Morgan fingerprint density at radius 2 is 1.89 bits per heavy atom. The van der Waals surface area contributed by atoms with E-state index in [0.29, 0.717) is 6.42 Å². The molecule has 5 nitrogen and oxygen atoms in total. The highest BCUT2D eigenvalue weighted by molar-refractivity contribution is 7.15. The molecule has 1 fully saturated rings. The fourth-order valence-corrected chi connectivity index (χ4v) is 4.52. The maximum absolute atomic E-state index is 12.8. The zero-order valence-electron chi connectivity index (χ0n) is 16.3. The fourth-order valence-electron chi connectivity index (χ4n) is 3.47. The van der Waals surface area contributed by atoms with Gasteiger partial charge in [0.05, 0.1) is 12.1 Å². The van der Waals surface area contributed by atoms with Crippen LogP contribution in [0.25, 0.3) is 10.6 Å². The predicted octanol–water partition coefficient (Wildman–Crippen LogP) is 3.71. The molecule has 0 N–H and O–H groups in total. The molecule has 0 bridgehead atoms. The summed E-state index contributed by atoms with van der Waals surface area (Å²) < 4.78 is 0. The van der Waals surface area contributed by atoms with Crippen molar-refractivity contribution in [3.05, 3.63) is 64.8 Å². The molecule has 1 amide bonds. The number of carbonyl (C=O) groups excluding carboxylic acids is 1. The molecule has 1 aromatic carbocycles. The van der Waals surface area contributed by atoms with Crippen molar-refractivity contribution in [2.45, 2.75) is 20.3 Å². The van der Waals surface area contributed by atoms with Crippen molar-refractivity contribution in [3.63, 3.8) is 0 Å². The van der Waals surface area contributed by atoms with Crippen LogP contribution >= 0.6 is 11.3 Å². The normalized spacial score (nSPS) is 14.4. The molecule has 0 atom stereocenters. The van der Waals surface area contributed by atoms with Gasteiger partial charge < -0.3 is 9.80 Å². The van der Waals surface area contributed by atoms with E-state index in [2.05, 4.69) is 35.0 Å². The Morgan fingerprint density at radius 3 is 2.61 bits per heavy atom. The number of aromatic nitrogens is 2. The molecule has 1 saturated heterocycles. The Labute approximate surface area is 169 Å². The molecular weight excluding hydrogens is 368 g/mol. The molecule has 144 valence electrons. The summed E-state index contributed by atoms with van der Waals surface area (Å²) in [5, 5.41) is 0.990. The first-order valence-corrected chi connectivity index (χ1v) is 10.4. The van der Waals surface area contributed by atoms with Gasteiger partial charge in [-0.2, -0.15) is 0 Å². The van der Waals surface area contributed by atoms with E-state index in [-0.39, 0.29) is 5.91 Å². The lowest BCUT2D eigenvalue weighted by molar-refractivity contribution is -0.130. The van der Waals surface area contributed by atoms with Crippen LogP contribution in [0.3, 0.4) is 0 Å². The summed E-state index contributed by atoms with van der Waals surface area (Å²) in [6, 6.07) is 14.3. The van der Waals surface area contributed by atoms with Gasteiger partial charge in [0.25, 0.3) is 0 Å². The molecule has 2 aromatic heterocycles. The van der Waals surface area contributed by atoms with Gasteiger partial charge in [0, 0.05) is 42.8 Å². The molecule has 3 aromatic rings. The standard InChI is InChI=1S/C22H24N4OS/c1-16-6-5-7-18(14-16)22-24-17(2)19(28-22)15-21(27)26-12-10-25(11-13-26)20-8-3-4-9-23-20/h3-9,14H,10-13,15H2,1-2H3. The van der Waals surface area contributed by atoms with E-state index in [1.165, 1.54) is 5.56 Å². The van der Waals surface area contributed by atoms with Gasteiger partial charge in [-0.15, -0.1) is 11.3 Å². The van der Waals surface area contributed by atoms with E-state index in [9.17, 15) is 4.79 Å². The smallest absolute Gasteiger partial charge is 0.228 e. The van der Waals surface area contributed by atoms with Crippen molar-refractivity contribution in [2.24, 2.45) is 0 Å². The maximum atomic E-state index is 12.8. The summed E-state index contributed by atoms with van der Waals surface area (Å²) in [5.41, 5.74) is 3.30. The van der Waals surface area contributed by atoms with Gasteiger partial charge in [0.2, 0.25) is 5.91 Å². The predicted molar refractivity (Wildman–Crippen MR) is 114 cm³/mol. The zero-order chi connectivity index (χ0) is 19.5. The first kappa shape index (κ1) is 18.6. The van der Waals surface area contributed by atoms with Crippen LogP contribution in [-0.4, -0.2) is 47.0 Å². The first-order chi connectivity index (χ1) is 13.6. The number of anilines is 1. The van der Waals surface area contributed by atoms with Crippen molar-refractivity contribution in [3.8, 4) is 10.6 Å². The average Bonchev–Trinajstić information content (AvgIpc) is 3.09. The summed E-state index contributed by atoms with van der Waals surface area (Å²) in [5.74, 6) is 1.17. The van der Waals surface area contributed by atoms with E-state index in [1.54, 1.807) is 11.3 Å². The third kappa shape index (κ3) is 4.07. The number of nitrogens with zero attached hydrogens (tertiary/aromatic N) is 4. The van der Waals surface area contributed by atoms with Gasteiger partial charge in [-0.05, 0) is 32.0 Å². The largest absolute Gasteiger partial charge is 0.353 e. The van der Waals surface area contributed by atoms with Crippen molar-refractivity contribution in [1.29, 1.82) is 0 Å². The second-order valence-electron chi connectivity index (χ2n) is 7.13. The minimum atomic E-state index is 0.184. The lowest BCUT2D eigenvalue weighted by Gasteiger charge is -2.35. The highest BCUT2D eigenvalue weighted by atomic mass is 32.1. The molecule has 6 heteroatoms. The molecular formula is C22H24N4OS. The zero-order valence-corrected chi connectivity index (χ0v) is 17.1. The van der Waals surface area contributed by atoms with Crippen LogP contribution < -0.4 is 4.90 Å². The minimum absolute atomic E-state index is 0.184. The number of hydrogen-bond acceptors (Lipinski definition) is 5. The van der Waals surface area contributed by atoms with Crippen LogP contribution in [0.1, 0.15) is 16.1 Å². The van der Waals surface area contributed by atoms with E-state index >= 15 is 0 Å². The third-order valence-corrected chi connectivity index (χ3v) is 6.28. The van der Waals surface area contributed by atoms with Gasteiger partial charge in [-0.25, -0.2) is 9.97 Å². The van der Waals surface area contributed by atoms with Gasteiger partial charge in [-0.3, -0.25) is 4.79 Å². The van der Waals surface area contributed by atoms with E-state index < -0.39 is 0 Å². The number of benzene rings is 1. The molecule has 0 saturated carbocycles. The molecule has 1 aliphatic heterocycles. The van der Waals surface area contributed by atoms with Gasteiger partial charge in [0.1, 0.15) is 10.8 Å². The van der Waals surface area contributed by atoms with Crippen LogP contribution in [0.4, 0.5) is 5.82 Å². The Bertz CT molecular complexity index is 962. The Hall–Kier alpha value is -2.73. The monoisotopic (exact) mass is 392 g/mol. The molecule has 0 spiro atoms. The Kier molecular flexibility index (Phi) is 5.39. The number of amides is 1. The number of rotatable bonds is 4. The SMILES string of the molecule is Cc1cccc(-c2nc(C)c(CC(=O)N3CCN(c4ccccn4)CC3)s2)c1. The molecule has 1 aliphatic rings. The highest BCUT2D eigenvalue weighted by Gasteiger charge is 2.23. The second-order valence-corrected chi connectivity index (χ2v) is 8.21. The van der Waals surface area contributed by atoms with Crippen molar-refractivity contribution in [1.82, 2.24) is 14.9 Å². The summed E-state index contributed by atoms with van der Waals surface area (Å²) in [6.45, 7) is 7.18. The van der Waals surface area contributed by atoms with Crippen LogP contribution in [0.2, 0.25) is 0 Å². The summed E-state index contributed by atoms with van der Waals surface area (Å²) in [6.07, 6.45) is 2.24. The summed E-state index contributed by atoms with van der Waals surface area (Å²) >= 11 is 1.63. The molecule has 3 heterocycles. The lowest BCUT2D eigenvalue weighted by Crippen LogP contribution is -2.49. The molecule has 28 heavy (non-hydrogen) atoms. The number of hydrogen-bond donors (Lipinski definition) is 0. The average molecular weight is 393 g/mol. The molecule has 0 unspecified atom stereocenters. The van der Waals surface area contributed by atoms with Gasteiger partial charge >= 0.3 is 0 Å². The molecule has 0 aliphatic carbocycles. The van der Waals surface area contributed by atoms with E-state index in [0.717, 1.165) is 53.1 Å². The Balaban J connectivity index is 1.39. The van der Waals surface area contributed by atoms with Crippen molar-refractivity contribution in [2.75, 3.05) is 31.1 Å². The van der Waals surface area contributed by atoms with Crippen LogP contribution in [0.15, 0.2) is 48.7 Å². The van der Waals surface area contributed by atoms with Crippen molar-refractivity contribution >= 4 is 23.1 Å². The number of carbonyl (C=O) groups is 1. The van der Waals surface area contributed by atoms with Gasteiger partial charge in [-0.1, -0.05) is 29.8 Å². The highest BCUT2D eigenvalue weighted by Crippen LogP contribution is 2.29. The minimum Gasteiger partial charge on any atom is -0.353 e. The molecule has 4 rings (SSSR count). The number of pyridine rings is 1. The van der Waals surface area contributed by atoms with Crippen LogP contribution in [0.5, 0.6) is 0 Å². The van der Waals surface area contributed by atoms with Crippen LogP contribution in [-0.2, 0) is 11.2 Å². The third-order valence-electron chi connectivity index (χ3n) is 5.08. The lowest BCUT2D eigenvalue weighted by atomic mass is 10.1. The quantitative estimate of drug-likeness (QED) is 0.679. The van der Waals surface area contributed by atoms with Crippen molar-refractivity contribution < 1.29 is 4.79 Å².